The molecule has 1 atom stereocenters. The Labute approximate surface area is 148 Å². The van der Waals surface area contributed by atoms with Crippen molar-refractivity contribution >= 4 is 33.6 Å². The largest absolute Gasteiger partial charge is 0.493 e. The van der Waals surface area contributed by atoms with Crippen LogP contribution >= 0.6 is 27.7 Å². The van der Waals surface area contributed by atoms with Gasteiger partial charge in [-0.05, 0) is 36.1 Å². The zero-order valence-corrected chi connectivity index (χ0v) is 15.1. The summed E-state index contributed by atoms with van der Waals surface area (Å²) in [7, 11) is 0. The van der Waals surface area contributed by atoms with Crippen LogP contribution in [-0.4, -0.2) is 23.3 Å². The Hall–Kier alpha value is -1.53. The highest BCUT2D eigenvalue weighted by molar-refractivity contribution is 9.10. The molecule has 4 nitrogen and oxygen atoms in total. The molecule has 1 aromatic carbocycles. The molecule has 1 N–H and O–H groups in total. The Kier molecular flexibility index (Phi) is 5.23. The van der Waals surface area contributed by atoms with Gasteiger partial charge in [0.25, 0.3) is 5.91 Å². The van der Waals surface area contributed by atoms with Gasteiger partial charge in [0.15, 0.2) is 0 Å². The maximum Gasteiger partial charge on any atom is 0.251 e. The number of nitrogens with zero attached hydrogens (tertiary/aromatic N) is 1. The second kappa shape index (κ2) is 7.36. The normalized spacial score (nSPS) is 16.3. The lowest BCUT2D eigenvalue weighted by atomic mass is 10.0. The van der Waals surface area contributed by atoms with E-state index in [9.17, 15) is 4.79 Å². The molecule has 120 valence electrons. The monoisotopic (exact) mass is 392 g/mol. The van der Waals surface area contributed by atoms with E-state index in [4.69, 9.17) is 4.74 Å². The van der Waals surface area contributed by atoms with Crippen molar-refractivity contribution in [1.29, 1.82) is 0 Å². The number of carbonyl (C=O) groups excluding carboxylic acids is 1. The van der Waals surface area contributed by atoms with Crippen LogP contribution in [0.25, 0.3) is 0 Å². The molecule has 3 rings (SSSR count). The van der Waals surface area contributed by atoms with Gasteiger partial charge in [-0.2, -0.15) is 0 Å². The summed E-state index contributed by atoms with van der Waals surface area (Å²) in [6, 6.07) is 9.42. The van der Waals surface area contributed by atoms with Gasteiger partial charge in [0, 0.05) is 28.2 Å². The first-order chi connectivity index (χ1) is 11.2. The molecule has 1 aliphatic heterocycles. The summed E-state index contributed by atoms with van der Waals surface area (Å²) < 4.78 is 6.64. The van der Waals surface area contributed by atoms with Crippen LogP contribution in [0.4, 0.5) is 0 Å². The highest BCUT2D eigenvalue weighted by Gasteiger charge is 2.23. The SMILES string of the molecule is CCSc1cc(C(=O)NC2CCOc3ccc(Br)cc32)ccn1. The number of pyridine rings is 1. The Morgan fingerprint density at radius 2 is 2.30 bits per heavy atom. The molecule has 0 bridgehead atoms. The molecule has 0 fully saturated rings. The minimum atomic E-state index is -0.0804. The topological polar surface area (TPSA) is 51.2 Å². The number of fused-ring (bicyclic) bond motifs is 1. The van der Waals surface area contributed by atoms with Crippen LogP contribution in [0.1, 0.15) is 35.3 Å². The van der Waals surface area contributed by atoms with Crippen molar-refractivity contribution in [2.24, 2.45) is 0 Å². The standard InChI is InChI=1S/C17H17BrN2O2S/c1-2-23-16-9-11(5-7-19-16)17(21)20-14-6-8-22-15-4-3-12(18)10-13(14)15/h3-5,7,9-10,14H,2,6,8H2,1H3,(H,20,21). The van der Waals surface area contributed by atoms with Crippen LogP contribution in [0.5, 0.6) is 5.75 Å². The predicted octanol–water partition coefficient (Wildman–Crippen LogP) is 4.21. The summed E-state index contributed by atoms with van der Waals surface area (Å²) in [5.41, 5.74) is 1.65. The number of halogens is 1. The zero-order valence-electron chi connectivity index (χ0n) is 12.7. The van der Waals surface area contributed by atoms with Crippen molar-refractivity contribution in [3.05, 3.63) is 52.1 Å². The number of nitrogens with one attached hydrogen (secondary N) is 1. The number of rotatable bonds is 4. The lowest BCUT2D eigenvalue weighted by Crippen LogP contribution is -2.32. The van der Waals surface area contributed by atoms with Crippen LogP contribution < -0.4 is 10.1 Å². The second-order valence-electron chi connectivity index (χ2n) is 5.16. The predicted molar refractivity (Wildman–Crippen MR) is 95.1 cm³/mol. The fraction of sp³-hybridized carbons (Fsp3) is 0.294. The average Bonchev–Trinajstić information content (AvgIpc) is 2.56. The van der Waals surface area contributed by atoms with Crippen LogP contribution in [0.2, 0.25) is 0 Å². The maximum atomic E-state index is 12.6. The van der Waals surface area contributed by atoms with Gasteiger partial charge in [0.1, 0.15) is 5.75 Å². The molecule has 6 heteroatoms. The van der Waals surface area contributed by atoms with Crippen LogP contribution in [0.15, 0.2) is 46.0 Å². The molecule has 1 amide bonds. The number of carbonyl (C=O) groups is 1. The fourth-order valence-electron chi connectivity index (χ4n) is 2.53. The zero-order chi connectivity index (χ0) is 16.2. The first-order valence-corrected chi connectivity index (χ1v) is 9.27. The quantitative estimate of drug-likeness (QED) is 0.791. The summed E-state index contributed by atoms with van der Waals surface area (Å²) >= 11 is 5.10. The van der Waals surface area contributed by atoms with E-state index in [1.807, 2.05) is 24.3 Å². The van der Waals surface area contributed by atoms with Crippen molar-refractivity contribution in [2.75, 3.05) is 12.4 Å². The number of benzene rings is 1. The maximum absolute atomic E-state index is 12.6. The molecule has 1 aromatic heterocycles. The molecule has 2 aromatic rings. The van der Waals surface area contributed by atoms with Gasteiger partial charge in [-0.3, -0.25) is 4.79 Å². The molecular weight excluding hydrogens is 376 g/mol. The number of thioether (sulfide) groups is 1. The van der Waals surface area contributed by atoms with Gasteiger partial charge >= 0.3 is 0 Å². The highest BCUT2D eigenvalue weighted by atomic mass is 79.9. The van der Waals surface area contributed by atoms with Crippen molar-refractivity contribution in [3.8, 4) is 5.75 Å². The van der Waals surface area contributed by atoms with Crippen molar-refractivity contribution < 1.29 is 9.53 Å². The van der Waals surface area contributed by atoms with Crippen molar-refractivity contribution in [2.45, 2.75) is 24.4 Å². The summed E-state index contributed by atoms with van der Waals surface area (Å²) in [5, 5.41) is 3.98. The molecule has 0 aliphatic carbocycles. The summed E-state index contributed by atoms with van der Waals surface area (Å²) in [6.45, 7) is 2.67. The first-order valence-electron chi connectivity index (χ1n) is 7.49. The van der Waals surface area contributed by atoms with Gasteiger partial charge in [0.05, 0.1) is 17.7 Å². The summed E-state index contributed by atoms with van der Waals surface area (Å²) in [4.78, 5) is 16.8. The third-order valence-electron chi connectivity index (χ3n) is 3.61. The third kappa shape index (κ3) is 3.87. The molecule has 0 saturated carbocycles. The fourth-order valence-corrected chi connectivity index (χ4v) is 3.55. The van der Waals surface area contributed by atoms with Crippen LogP contribution in [0.3, 0.4) is 0 Å². The minimum absolute atomic E-state index is 0.0424. The molecule has 0 spiro atoms. The van der Waals surface area contributed by atoms with Crippen molar-refractivity contribution in [3.63, 3.8) is 0 Å². The Balaban J connectivity index is 1.79. The lowest BCUT2D eigenvalue weighted by Gasteiger charge is -2.27. The van der Waals surface area contributed by atoms with E-state index in [1.165, 1.54) is 0 Å². The van der Waals surface area contributed by atoms with E-state index in [0.717, 1.165) is 33.0 Å². The van der Waals surface area contributed by atoms with Gasteiger partial charge in [-0.1, -0.05) is 22.9 Å². The van der Waals surface area contributed by atoms with Crippen LogP contribution in [-0.2, 0) is 0 Å². The van der Waals surface area contributed by atoms with Gasteiger partial charge < -0.3 is 10.1 Å². The molecule has 0 radical (unpaired) electrons. The second-order valence-corrected chi connectivity index (χ2v) is 7.36. The number of hydrogen-bond donors (Lipinski definition) is 1. The summed E-state index contributed by atoms with van der Waals surface area (Å²) in [5.74, 6) is 1.68. The number of hydrogen-bond acceptors (Lipinski definition) is 4. The minimum Gasteiger partial charge on any atom is -0.493 e. The average molecular weight is 393 g/mol. The Morgan fingerprint density at radius 1 is 1.43 bits per heavy atom. The van der Waals surface area contributed by atoms with E-state index in [1.54, 1.807) is 24.0 Å². The number of amides is 1. The van der Waals surface area contributed by atoms with Gasteiger partial charge in [-0.15, -0.1) is 11.8 Å². The van der Waals surface area contributed by atoms with E-state index < -0.39 is 0 Å². The van der Waals surface area contributed by atoms with Crippen molar-refractivity contribution in [1.82, 2.24) is 10.3 Å². The van der Waals surface area contributed by atoms with E-state index >= 15 is 0 Å². The molecule has 1 unspecified atom stereocenters. The molecule has 1 aliphatic rings. The molecule has 2 heterocycles. The smallest absolute Gasteiger partial charge is 0.251 e. The number of ether oxygens (including phenoxy) is 1. The Bertz CT molecular complexity index is 723. The first kappa shape index (κ1) is 16.3. The molecule has 23 heavy (non-hydrogen) atoms. The highest BCUT2D eigenvalue weighted by Crippen LogP contribution is 2.34. The van der Waals surface area contributed by atoms with Crippen LogP contribution in [0, 0.1) is 0 Å². The number of aromatic nitrogens is 1. The lowest BCUT2D eigenvalue weighted by molar-refractivity contribution is 0.0924. The third-order valence-corrected chi connectivity index (χ3v) is 4.91. The van der Waals surface area contributed by atoms with E-state index in [0.29, 0.717) is 12.2 Å². The van der Waals surface area contributed by atoms with E-state index in [-0.39, 0.29) is 11.9 Å². The molecule has 0 saturated heterocycles. The van der Waals surface area contributed by atoms with Gasteiger partial charge in [0.2, 0.25) is 0 Å². The summed E-state index contributed by atoms with van der Waals surface area (Å²) in [6.07, 6.45) is 2.44. The molecular formula is C17H17BrN2O2S. The van der Waals surface area contributed by atoms with Gasteiger partial charge in [-0.25, -0.2) is 4.98 Å². The Morgan fingerprint density at radius 3 is 3.13 bits per heavy atom. The van der Waals surface area contributed by atoms with E-state index in [2.05, 4.69) is 33.2 Å².